The normalized spacial score (nSPS) is 11.5. The van der Waals surface area contributed by atoms with Crippen LogP contribution in [-0.4, -0.2) is 26.4 Å². The number of nitrogens with one attached hydrogen (secondary N) is 1. The average Bonchev–Trinajstić information content (AvgIpc) is 2.73. The third kappa shape index (κ3) is 7.02. The molecule has 0 heterocycles. The van der Waals surface area contributed by atoms with Gasteiger partial charge >= 0.3 is 0 Å². The summed E-state index contributed by atoms with van der Waals surface area (Å²) >= 11 is 7.22. The number of anilines is 1. The summed E-state index contributed by atoms with van der Waals surface area (Å²) in [7, 11) is 3.20. The SMILES string of the molecule is COc1cc(COc2cc(NC(C)=O)c(Br)cc2C(Br)CCCC=O)cc(OC)c1. The van der Waals surface area contributed by atoms with Crippen molar-refractivity contribution in [2.75, 3.05) is 19.5 Å². The highest BCUT2D eigenvalue weighted by Gasteiger charge is 2.18. The molecule has 2 rings (SSSR count). The molecule has 0 bridgehead atoms. The van der Waals surface area contributed by atoms with Gasteiger partial charge in [0.05, 0.1) is 19.9 Å². The maximum atomic E-state index is 11.5. The van der Waals surface area contributed by atoms with Crippen molar-refractivity contribution in [3.8, 4) is 17.2 Å². The van der Waals surface area contributed by atoms with Gasteiger partial charge in [-0.05, 0) is 52.5 Å². The predicted octanol–water partition coefficient (Wildman–Crippen LogP) is 5.81. The molecule has 1 unspecified atom stereocenters. The maximum absolute atomic E-state index is 11.5. The average molecular weight is 543 g/mol. The second kappa shape index (κ2) is 12.0. The molecule has 1 atom stereocenters. The lowest BCUT2D eigenvalue weighted by Gasteiger charge is -2.19. The molecule has 0 aromatic heterocycles. The molecule has 0 aliphatic heterocycles. The van der Waals surface area contributed by atoms with Gasteiger partial charge < -0.3 is 24.3 Å². The minimum Gasteiger partial charge on any atom is -0.497 e. The number of halogens is 2. The van der Waals surface area contributed by atoms with E-state index in [9.17, 15) is 9.59 Å². The molecule has 0 spiro atoms. The van der Waals surface area contributed by atoms with Gasteiger partial charge in [-0.1, -0.05) is 15.9 Å². The Kier molecular flexibility index (Phi) is 9.65. The van der Waals surface area contributed by atoms with Crippen molar-refractivity contribution in [1.29, 1.82) is 0 Å². The summed E-state index contributed by atoms with van der Waals surface area (Å²) in [6.07, 6.45) is 2.96. The van der Waals surface area contributed by atoms with E-state index in [0.717, 1.165) is 34.7 Å². The number of hydrogen-bond donors (Lipinski definition) is 1. The Balaban J connectivity index is 2.32. The van der Waals surface area contributed by atoms with Crippen LogP contribution in [0.25, 0.3) is 0 Å². The summed E-state index contributed by atoms with van der Waals surface area (Å²) in [5.74, 6) is 1.82. The third-order valence-electron chi connectivity index (χ3n) is 4.33. The number of amides is 1. The van der Waals surface area contributed by atoms with Crippen molar-refractivity contribution < 1.29 is 23.8 Å². The van der Waals surface area contributed by atoms with E-state index in [0.29, 0.717) is 29.4 Å². The van der Waals surface area contributed by atoms with Gasteiger partial charge in [0.1, 0.15) is 30.1 Å². The van der Waals surface area contributed by atoms with Gasteiger partial charge in [-0.15, -0.1) is 0 Å². The van der Waals surface area contributed by atoms with E-state index in [1.54, 1.807) is 26.4 Å². The fraction of sp³-hybridized carbons (Fsp3) is 0.364. The fourth-order valence-corrected chi connectivity index (χ4v) is 4.01. The van der Waals surface area contributed by atoms with E-state index in [2.05, 4.69) is 37.2 Å². The molecule has 1 N–H and O–H groups in total. The number of rotatable bonds is 11. The Morgan fingerprint density at radius 1 is 1.13 bits per heavy atom. The number of ether oxygens (including phenoxy) is 3. The molecule has 0 saturated carbocycles. The number of benzene rings is 2. The highest BCUT2D eigenvalue weighted by molar-refractivity contribution is 9.10. The first-order valence-corrected chi connectivity index (χ1v) is 11.1. The Labute approximate surface area is 193 Å². The van der Waals surface area contributed by atoms with Crippen molar-refractivity contribution in [2.24, 2.45) is 0 Å². The second-order valence-corrected chi connectivity index (χ2v) is 8.59. The van der Waals surface area contributed by atoms with E-state index < -0.39 is 0 Å². The number of unbranched alkanes of at least 4 members (excludes halogenated alkanes) is 1. The van der Waals surface area contributed by atoms with Crippen LogP contribution in [0.2, 0.25) is 0 Å². The molecule has 1 amide bonds. The Morgan fingerprint density at radius 3 is 2.37 bits per heavy atom. The minimum atomic E-state index is -0.173. The molecule has 8 heteroatoms. The summed E-state index contributed by atoms with van der Waals surface area (Å²) < 4.78 is 17.5. The van der Waals surface area contributed by atoms with Crippen LogP contribution >= 0.6 is 31.9 Å². The first kappa shape index (κ1) is 24.2. The highest BCUT2D eigenvalue weighted by atomic mass is 79.9. The molecule has 2 aromatic rings. The number of methoxy groups -OCH3 is 2. The Bertz CT molecular complexity index is 866. The molecule has 0 aliphatic rings. The summed E-state index contributed by atoms with van der Waals surface area (Å²) in [5.41, 5.74) is 2.43. The zero-order valence-corrected chi connectivity index (χ0v) is 20.3. The van der Waals surface area contributed by atoms with Crippen LogP contribution in [0.15, 0.2) is 34.8 Å². The first-order valence-electron chi connectivity index (χ1n) is 9.41. The van der Waals surface area contributed by atoms with E-state index in [1.807, 2.05) is 18.2 Å². The van der Waals surface area contributed by atoms with Gasteiger partial charge in [-0.3, -0.25) is 4.79 Å². The van der Waals surface area contributed by atoms with Crippen molar-refractivity contribution >= 4 is 49.7 Å². The lowest BCUT2D eigenvalue weighted by Crippen LogP contribution is -2.08. The lowest BCUT2D eigenvalue weighted by atomic mass is 10.0. The number of hydrogen-bond acceptors (Lipinski definition) is 5. The maximum Gasteiger partial charge on any atom is 0.221 e. The van der Waals surface area contributed by atoms with Crippen molar-refractivity contribution in [3.05, 3.63) is 45.9 Å². The molecule has 0 fully saturated rings. The number of aldehydes is 1. The van der Waals surface area contributed by atoms with Crippen molar-refractivity contribution in [3.63, 3.8) is 0 Å². The van der Waals surface area contributed by atoms with Gasteiger partial charge in [0.25, 0.3) is 0 Å². The molecule has 0 aliphatic carbocycles. The zero-order chi connectivity index (χ0) is 22.1. The van der Waals surface area contributed by atoms with Crippen LogP contribution in [-0.2, 0) is 16.2 Å². The number of alkyl halides is 1. The van der Waals surface area contributed by atoms with Gasteiger partial charge in [0.15, 0.2) is 0 Å². The van der Waals surface area contributed by atoms with Crippen LogP contribution in [0.4, 0.5) is 5.69 Å². The van der Waals surface area contributed by atoms with Gasteiger partial charge in [-0.2, -0.15) is 0 Å². The minimum absolute atomic E-state index is 0.00465. The summed E-state index contributed by atoms with van der Waals surface area (Å²) in [5, 5.41) is 2.80. The molecular formula is C22H25Br2NO5. The van der Waals surface area contributed by atoms with E-state index in [1.165, 1.54) is 6.92 Å². The summed E-state index contributed by atoms with van der Waals surface area (Å²) in [4.78, 5) is 22.2. The Morgan fingerprint density at radius 2 is 1.80 bits per heavy atom. The second-order valence-electron chi connectivity index (χ2n) is 6.63. The fourth-order valence-electron chi connectivity index (χ4n) is 2.87. The smallest absolute Gasteiger partial charge is 0.221 e. The summed E-state index contributed by atoms with van der Waals surface area (Å²) in [6, 6.07) is 9.28. The molecule has 30 heavy (non-hydrogen) atoms. The molecule has 6 nitrogen and oxygen atoms in total. The van der Waals surface area contributed by atoms with Gasteiger partial charge in [-0.25, -0.2) is 0 Å². The van der Waals surface area contributed by atoms with E-state index >= 15 is 0 Å². The van der Waals surface area contributed by atoms with Crippen molar-refractivity contribution in [1.82, 2.24) is 0 Å². The topological polar surface area (TPSA) is 73.9 Å². The molecule has 2 aromatic carbocycles. The Hall–Kier alpha value is -2.06. The number of carbonyl (C=O) groups is 2. The quantitative estimate of drug-likeness (QED) is 0.220. The first-order chi connectivity index (χ1) is 14.4. The van der Waals surface area contributed by atoms with Gasteiger partial charge in [0.2, 0.25) is 5.91 Å². The van der Waals surface area contributed by atoms with E-state index in [4.69, 9.17) is 14.2 Å². The molecule has 162 valence electrons. The zero-order valence-electron chi connectivity index (χ0n) is 17.2. The predicted molar refractivity (Wildman–Crippen MR) is 124 cm³/mol. The van der Waals surface area contributed by atoms with Crippen LogP contribution in [0.5, 0.6) is 17.2 Å². The van der Waals surface area contributed by atoms with Crippen LogP contribution < -0.4 is 19.5 Å². The largest absolute Gasteiger partial charge is 0.497 e. The monoisotopic (exact) mass is 541 g/mol. The van der Waals surface area contributed by atoms with Crippen LogP contribution in [0.1, 0.15) is 42.1 Å². The van der Waals surface area contributed by atoms with E-state index in [-0.39, 0.29) is 17.3 Å². The van der Waals surface area contributed by atoms with Crippen LogP contribution in [0.3, 0.4) is 0 Å². The lowest BCUT2D eigenvalue weighted by molar-refractivity contribution is -0.114. The highest BCUT2D eigenvalue weighted by Crippen LogP contribution is 2.40. The van der Waals surface area contributed by atoms with Crippen molar-refractivity contribution in [2.45, 2.75) is 37.6 Å². The third-order valence-corrected chi connectivity index (χ3v) is 5.94. The molecule has 0 saturated heterocycles. The number of carbonyl (C=O) groups excluding carboxylic acids is 2. The molecule has 0 radical (unpaired) electrons. The molecular weight excluding hydrogens is 518 g/mol. The summed E-state index contributed by atoms with van der Waals surface area (Å²) in [6.45, 7) is 1.74. The van der Waals surface area contributed by atoms with Crippen LogP contribution in [0, 0.1) is 0 Å². The standard InChI is InChI=1S/C22H25Br2NO5/c1-14(27)25-21-12-22(18(11-20(21)24)19(23)6-4-5-7-26)30-13-15-8-16(28-2)10-17(9-15)29-3/h7-12,19H,4-6,13H2,1-3H3,(H,25,27). The van der Waals surface area contributed by atoms with Gasteiger partial charge in [0, 0.05) is 40.3 Å².